The second-order valence-electron chi connectivity index (χ2n) is 6.41. The number of hydrogen-bond acceptors (Lipinski definition) is 5. The summed E-state index contributed by atoms with van der Waals surface area (Å²) in [5.74, 6) is 6.07. The van der Waals surface area contributed by atoms with E-state index in [0.29, 0.717) is 15.4 Å². The topological polar surface area (TPSA) is 101 Å². The van der Waals surface area contributed by atoms with Crippen molar-refractivity contribution in [2.45, 2.75) is 11.5 Å². The summed E-state index contributed by atoms with van der Waals surface area (Å²) in [6.45, 7) is -0.799. The Morgan fingerprint density at radius 3 is 2.48 bits per heavy atom. The lowest BCUT2D eigenvalue weighted by molar-refractivity contribution is -0.202. The van der Waals surface area contributed by atoms with E-state index >= 15 is 8.78 Å². The lowest BCUT2D eigenvalue weighted by Crippen LogP contribution is -2.53. The number of aromatic nitrogens is 1. The number of alkyl halides is 2. The predicted molar refractivity (Wildman–Crippen MR) is 105 cm³/mol. The number of benzene rings is 2. The zero-order chi connectivity index (χ0) is 21.2. The maximum Gasteiger partial charge on any atom is 0.323 e. The minimum Gasteiger partial charge on any atom is -0.377 e. The Morgan fingerprint density at radius 1 is 1.14 bits per heavy atom. The molecule has 0 amide bonds. The number of hydrazone groups is 1. The monoisotopic (exact) mass is 423 g/mol. The lowest BCUT2D eigenvalue weighted by atomic mass is 9.84. The second-order valence-corrected chi connectivity index (χ2v) is 6.85. The maximum absolute atomic E-state index is 15.6. The van der Waals surface area contributed by atoms with E-state index in [2.05, 4.69) is 10.1 Å². The van der Waals surface area contributed by atoms with E-state index in [1.54, 1.807) is 6.07 Å². The van der Waals surface area contributed by atoms with Gasteiger partial charge in [-0.25, -0.2) is 15.2 Å². The summed E-state index contributed by atoms with van der Waals surface area (Å²) in [4.78, 5) is 3.99. The molecule has 6 nitrogen and oxygen atoms in total. The lowest BCUT2D eigenvalue weighted by Gasteiger charge is -2.37. The third-order valence-corrected chi connectivity index (χ3v) is 4.68. The van der Waals surface area contributed by atoms with Gasteiger partial charge in [0, 0.05) is 10.4 Å². The molecule has 1 unspecified atom stereocenters. The molecule has 3 aromatic rings. The molecule has 1 heterocycles. The van der Waals surface area contributed by atoms with Crippen molar-refractivity contribution in [3.63, 3.8) is 0 Å². The molecule has 3 rings (SSSR count). The quantitative estimate of drug-likeness (QED) is 0.245. The largest absolute Gasteiger partial charge is 0.377 e. The number of fused-ring (bicyclic) bond motifs is 1. The highest BCUT2D eigenvalue weighted by molar-refractivity contribution is 6.31. The van der Waals surface area contributed by atoms with Crippen molar-refractivity contribution in [3.8, 4) is 0 Å². The van der Waals surface area contributed by atoms with Gasteiger partial charge in [0.2, 0.25) is 0 Å². The number of hydrazine groups is 1. The molecule has 1 atom stereocenters. The van der Waals surface area contributed by atoms with Crippen LogP contribution in [-0.4, -0.2) is 28.0 Å². The van der Waals surface area contributed by atoms with Gasteiger partial charge in [-0.15, -0.1) is 0 Å². The molecule has 10 heteroatoms. The van der Waals surface area contributed by atoms with Gasteiger partial charge in [-0.1, -0.05) is 29.8 Å². The molecule has 2 aromatic carbocycles. The number of nitrogens with two attached hydrogens (primary N) is 2. The van der Waals surface area contributed by atoms with E-state index < -0.39 is 29.6 Å². The van der Waals surface area contributed by atoms with Gasteiger partial charge >= 0.3 is 5.92 Å². The summed E-state index contributed by atoms with van der Waals surface area (Å²) < 4.78 is 44.5. The summed E-state index contributed by atoms with van der Waals surface area (Å²) in [5.41, 5.74) is -3.56. The highest BCUT2D eigenvalue weighted by Gasteiger charge is 2.57. The van der Waals surface area contributed by atoms with Crippen LogP contribution in [0.2, 0.25) is 5.02 Å². The number of rotatable bonds is 6. The van der Waals surface area contributed by atoms with Crippen LogP contribution in [0, 0.1) is 5.82 Å². The van der Waals surface area contributed by atoms with Crippen LogP contribution in [0.5, 0.6) is 0 Å². The fourth-order valence-electron chi connectivity index (χ4n) is 2.97. The first-order chi connectivity index (χ1) is 13.7. The van der Waals surface area contributed by atoms with Crippen LogP contribution in [0.3, 0.4) is 0 Å². The molecule has 0 bridgehead atoms. The van der Waals surface area contributed by atoms with E-state index in [1.165, 1.54) is 18.2 Å². The summed E-state index contributed by atoms with van der Waals surface area (Å²) in [6.07, 6.45) is 0.875. The first-order valence-electron chi connectivity index (χ1n) is 8.35. The molecule has 0 spiro atoms. The van der Waals surface area contributed by atoms with Crippen molar-refractivity contribution in [3.05, 3.63) is 76.7 Å². The Hall–Kier alpha value is -2.88. The van der Waals surface area contributed by atoms with Crippen molar-refractivity contribution in [2.24, 2.45) is 16.8 Å². The number of nitrogens with zero attached hydrogens (tertiary/aromatic N) is 3. The first kappa shape index (κ1) is 20.8. The Balaban J connectivity index is 2.14. The van der Waals surface area contributed by atoms with E-state index in [4.69, 9.17) is 23.3 Å². The molecule has 0 fully saturated rings. The van der Waals surface area contributed by atoms with Crippen molar-refractivity contribution < 1.29 is 18.3 Å². The average molecular weight is 424 g/mol. The van der Waals surface area contributed by atoms with Gasteiger partial charge in [0.25, 0.3) is 0 Å². The average Bonchev–Trinajstić information content (AvgIpc) is 2.67. The van der Waals surface area contributed by atoms with Crippen LogP contribution in [0.25, 0.3) is 10.9 Å². The Labute approximate surface area is 169 Å². The van der Waals surface area contributed by atoms with Crippen LogP contribution in [0.4, 0.5) is 13.2 Å². The third-order valence-electron chi connectivity index (χ3n) is 4.44. The third kappa shape index (κ3) is 3.98. The SMILES string of the molecule is N/N=C\N(N)CC(O)(c1ccc(F)cc1)C(F)(F)c1ccc2cc(Cl)ccc2n1. The molecule has 0 aliphatic heterocycles. The van der Waals surface area contributed by atoms with Crippen LogP contribution < -0.4 is 11.7 Å². The van der Waals surface area contributed by atoms with Crippen molar-refractivity contribution in [1.29, 1.82) is 0 Å². The van der Waals surface area contributed by atoms with Gasteiger partial charge in [-0.2, -0.15) is 13.9 Å². The fourth-order valence-corrected chi connectivity index (χ4v) is 3.15. The van der Waals surface area contributed by atoms with Crippen LogP contribution >= 0.6 is 11.6 Å². The summed E-state index contributed by atoms with van der Waals surface area (Å²) in [6, 6.07) is 11.1. The highest BCUT2D eigenvalue weighted by atomic mass is 35.5. The Kier molecular flexibility index (Phi) is 5.65. The van der Waals surface area contributed by atoms with Gasteiger partial charge < -0.3 is 10.9 Å². The normalized spacial score (nSPS) is 14.3. The zero-order valence-electron chi connectivity index (χ0n) is 14.9. The molecule has 29 heavy (non-hydrogen) atoms. The van der Waals surface area contributed by atoms with Gasteiger partial charge in [0.05, 0.1) is 12.1 Å². The minimum atomic E-state index is -3.92. The molecule has 0 aliphatic rings. The summed E-state index contributed by atoms with van der Waals surface area (Å²) in [5, 5.41) is 16.0. The maximum atomic E-state index is 15.6. The van der Waals surface area contributed by atoms with E-state index in [1.807, 2.05) is 0 Å². The standard InChI is InChI=1S/C19H17ClF3N5O/c20-14-4-7-16-12(9-14)1-8-17(27-16)19(22,23)18(29,10-28(25)11-26-24)13-2-5-15(21)6-3-13/h1-9,11,29H,10,24-25H2/b26-11-. The summed E-state index contributed by atoms with van der Waals surface area (Å²) in [7, 11) is 0. The van der Waals surface area contributed by atoms with Crippen molar-refractivity contribution in [2.75, 3.05) is 6.54 Å². The first-order valence-corrected chi connectivity index (χ1v) is 8.73. The zero-order valence-corrected chi connectivity index (χ0v) is 15.7. The molecule has 0 aliphatic carbocycles. The van der Waals surface area contributed by atoms with Crippen molar-refractivity contribution >= 4 is 28.8 Å². The smallest absolute Gasteiger partial charge is 0.323 e. The number of hydrogen-bond donors (Lipinski definition) is 3. The second kappa shape index (κ2) is 7.86. The minimum absolute atomic E-state index is 0.261. The Bertz CT molecular complexity index is 1050. The molecular weight excluding hydrogens is 407 g/mol. The predicted octanol–water partition coefficient (Wildman–Crippen LogP) is 3.08. The van der Waals surface area contributed by atoms with E-state index in [0.717, 1.165) is 36.7 Å². The molecule has 0 saturated heterocycles. The highest BCUT2D eigenvalue weighted by Crippen LogP contribution is 2.45. The molecule has 1 aromatic heterocycles. The molecule has 0 radical (unpaired) electrons. The van der Waals surface area contributed by atoms with Gasteiger partial charge in [-0.05, 0) is 42.0 Å². The Morgan fingerprint density at radius 2 is 1.83 bits per heavy atom. The number of halogens is 4. The molecule has 0 saturated carbocycles. The van der Waals surface area contributed by atoms with Crippen LogP contribution in [0.15, 0.2) is 59.7 Å². The molecule has 5 N–H and O–H groups in total. The molecular formula is C19H17ClF3N5O. The van der Waals surface area contributed by atoms with Gasteiger partial charge in [0.15, 0.2) is 5.60 Å². The fraction of sp³-hybridized carbons (Fsp3) is 0.158. The van der Waals surface area contributed by atoms with Crippen LogP contribution in [0.1, 0.15) is 11.3 Å². The number of aliphatic hydroxyl groups is 1. The van der Waals surface area contributed by atoms with E-state index in [9.17, 15) is 9.50 Å². The van der Waals surface area contributed by atoms with Gasteiger partial charge in [0.1, 0.15) is 17.8 Å². The van der Waals surface area contributed by atoms with Gasteiger partial charge in [-0.3, -0.25) is 5.01 Å². The van der Waals surface area contributed by atoms with Crippen molar-refractivity contribution in [1.82, 2.24) is 9.99 Å². The van der Waals surface area contributed by atoms with E-state index in [-0.39, 0.29) is 11.1 Å². The summed E-state index contributed by atoms with van der Waals surface area (Å²) >= 11 is 5.91. The number of pyridine rings is 1. The molecule has 152 valence electrons. The van der Waals surface area contributed by atoms with Crippen LogP contribution in [-0.2, 0) is 11.5 Å².